The third-order valence-corrected chi connectivity index (χ3v) is 3.45. The molecular weight excluding hydrogens is 244 g/mol. The van der Waals surface area contributed by atoms with Gasteiger partial charge in [0, 0.05) is 19.6 Å². The van der Waals surface area contributed by atoms with Crippen molar-refractivity contribution in [1.29, 1.82) is 0 Å². The van der Waals surface area contributed by atoms with E-state index in [1.165, 1.54) is 19.9 Å². The summed E-state index contributed by atoms with van der Waals surface area (Å²) in [5.74, 6) is 0.334. The summed E-state index contributed by atoms with van der Waals surface area (Å²) in [4.78, 5) is 25.0. The average Bonchev–Trinajstić information content (AvgIpc) is 2.38. The van der Waals surface area contributed by atoms with Gasteiger partial charge in [-0.05, 0) is 45.7 Å². The quantitative estimate of drug-likeness (QED) is 0.665. The minimum atomic E-state index is -0.451. The van der Waals surface area contributed by atoms with Crippen LogP contribution in [0.4, 0.5) is 4.79 Å². The van der Waals surface area contributed by atoms with Crippen molar-refractivity contribution in [1.82, 2.24) is 20.9 Å². The van der Waals surface area contributed by atoms with Gasteiger partial charge in [0.1, 0.15) is 0 Å². The first-order valence-corrected chi connectivity index (χ1v) is 6.99. The predicted octanol–water partition coefficient (Wildman–Crippen LogP) is 0.152. The van der Waals surface area contributed by atoms with Gasteiger partial charge in [-0.25, -0.2) is 4.79 Å². The second kappa shape index (κ2) is 8.12. The van der Waals surface area contributed by atoms with Crippen LogP contribution in [0.5, 0.6) is 0 Å². The molecule has 0 spiro atoms. The Bertz CT molecular complexity index is 301. The minimum Gasteiger partial charge on any atom is -0.341 e. The molecule has 110 valence electrons. The SMILES string of the molecule is CNC(=O)NC(=O)CN(CC1CCCNC1)C(C)C. The Morgan fingerprint density at radius 1 is 1.42 bits per heavy atom. The first kappa shape index (κ1) is 15.9. The second-order valence-electron chi connectivity index (χ2n) is 5.36. The smallest absolute Gasteiger partial charge is 0.321 e. The second-order valence-corrected chi connectivity index (χ2v) is 5.36. The van der Waals surface area contributed by atoms with Gasteiger partial charge in [-0.1, -0.05) is 0 Å². The van der Waals surface area contributed by atoms with Gasteiger partial charge >= 0.3 is 6.03 Å². The molecule has 0 bridgehead atoms. The van der Waals surface area contributed by atoms with Crippen LogP contribution < -0.4 is 16.0 Å². The van der Waals surface area contributed by atoms with Crippen LogP contribution in [-0.4, -0.2) is 56.1 Å². The van der Waals surface area contributed by atoms with Gasteiger partial charge in [-0.2, -0.15) is 0 Å². The fourth-order valence-electron chi connectivity index (χ4n) is 2.28. The van der Waals surface area contributed by atoms with E-state index < -0.39 is 6.03 Å². The molecule has 0 aromatic carbocycles. The Hall–Kier alpha value is -1.14. The van der Waals surface area contributed by atoms with Crippen LogP contribution in [0.15, 0.2) is 0 Å². The van der Waals surface area contributed by atoms with E-state index in [2.05, 4.69) is 34.7 Å². The molecule has 1 unspecified atom stereocenters. The first-order valence-electron chi connectivity index (χ1n) is 6.99. The Morgan fingerprint density at radius 2 is 2.16 bits per heavy atom. The number of piperidine rings is 1. The summed E-state index contributed by atoms with van der Waals surface area (Å²) in [5.41, 5.74) is 0. The lowest BCUT2D eigenvalue weighted by Gasteiger charge is -2.32. The summed E-state index contributed by atoms with van der Waals surface area (Å²) in [6.07, 6.45) is 2.40. The van der Waals surface area contributed by atoms with Crippen molar-refractivity contribution >= 4 is 11.9 Å². The third-order valence-electron chi connectivity index (χ3n) is 3.45. The highest BCUT2D eigenvalue weighted by Gasteiger charge is 2.21. The zero-order valence-corrected chi connectivity index (χ0v) is 12.2. The fourth-order valence-corrected chi connectivity index (χ4v) is 2.28. The largest absolute Gasteiger partial charge is 0.341 e. The molecule has 1 aliphatic heterocycles. The van der Waals surface area contributed by atoms with Crippen LogP contribution in [0, 0.1) is 5.92 Å². The van der Waals surface area contributed by atoms with Gasteiger partial charge in [0.15, 0.2) is 0 Å². The van der Waals surface area contributed by atoms with Crippen molar-refractivity contribution in [3.05, 3.63) is 0 Å². The number of amides is 3. The van der Waals surface area contributed by atoms with Crippen LogP contribution in [0.2, 0.25) is 0 Å². The van der Waals surface area contributed by atoms with Crippen LogP contribution in [0.3, 0.4) is 0 Å². The molecule has 6 nitrogen and oxygen atoms in total. The molecule has 3 amide bonds. The number of hydrogen-bond acceptors (Lipinski definition) is 4. The summed E-state index contributed by atoms with van der Waals surface area (Å²) in [7, 11) is 1.50. The molecule has 0 aromatic heterocycles. The topological polar surface area (TPSA) is 73.5 Å². The van der Waals surface area contributed by atoms with Crippen molar-refractivity contribution in [2.24, 2.45) is 5.92 Å². The van der Waals surface area contributed by atoms with Crippen LogP contribution in [0.25, 0.3) is 0 Å². The molecule has 6 heteroatoms. The van der Waals surface area contributed by atoms with Gasteiger partial charge in [0.25, 0.3) is 0 Å². The molecule has 19 heavy (non-hydrogen) atoms. The van der Waals surface area contributed by atoms with E-state index in [9.17, 15) is 9.59 Å². The van der Waals surface area contributed by atoms with E-state index >= 15 is 0 Å². The van der Waals surface area contributed by atoms with E-state index in [4.69, 9.17) is 0 Å². The Kier molecular flexibility index (Phi) is 6.80. The molecule has 3 N–H and O–H groups in total. The standard InChI is InChI=1S/C13H26N4O2/c1-10(2)17(8-11-5-4-6-15-7-11)9-12(18)16-13(19)14-3/h10-11,15H,4-9H2,1-3H3,(H2,14,16,18,19). The molecular formula is C13H26N4O2. The van der Waals surface area contributed by atoms with Gasteiger partial charge in [0.2, 0.25) is 5.91 Å². The molecule has 0 radical (unpaired) electrons. The average molecular weight is 270 g/mol. The molecule has 0 saturated carbocycles. The summed E-state index contributed by atoms with van der Waals surface area (Å²) >= 11 is 0. The lowest BCUT2D eigenvalue weighted by atomic mass is 9.98. The highest BCUT2D eigenvalue weighted by Crippen LogP contribution is 2.13. The molecule has 1 fully saturated rings. The Morgan fingerprint density at radius 3 is 2.68 bits per heavy atom. The molecule has 0 aromatic rings. The predicted molar refractivity (Wildman–Crippen MR) is 74.9 cm³/mol. The van der Waals surface area contributed by atoms with E-state index in [-0.39, 0.29) is 18.5 Å². The zero-order valence-electron chi connectivity index (χ0n) is 12.2. The van der Waals surface area contributed by atoms with Crippen LogP contribution in [-0.2, 0) is 4.79 Å². The fraction of sp³-hybridized carbons (Fsp3) is 0.846. The molecule has 1 heterocycles. The lowest BCUT2D eigenvalue weighted by Crippen LogP contribution is -2.48. The zero-order chi connectivity index (χ0) is 14.3. The molecule has 1 aliphatic rings. The van der Waals surface area contributed by atoms with E-state index in [0.717, 1.165) is 19.6 Å². The number of carbonyl (C=O) groups is 2. The van der Waals surface area contributed by atoms with Crippen molar-refractivity contribution in [2.45, 2.75) is 32.7 Å². The number of nitrogens with zero attached hydrogens (tertiary/aromatic N) is 1. The first-order chi connectivity index (χ1) is 9.02. The number of urea groups is 1. The summed E-state index contributed by atoms with van der Waals surface area (Å²) in [5, 5.41) is 8.07. The summed E-state index contributed by atoms with van der Waals surface area (Å²) in [6, 6.07) is -0.162. The van der Waals surface area contributed by atoms with Gasteiger partial charge < -0.3 is 10.6 Å². The summed E-state index contributed by atoms with van der Waals surface area (Å²) in [6.45, 7) is 7.41. The lowest BCUT2D eigenvalue weighted by molar-refractivity contribution is -0.121. The number of rotatable bonds is 5. The minimum absolute atomic E-state index is 0.253. The van der Waals surface area contributed by atoms with Gasteiger partial charge in [0.05, 0.1) is 6.54 Å². The number of hydrogen-bond donors (Lipinski definition) is 3. The molecule has 0 aliphatic carbocycles. The molecule has 1 rings (SSSR count). The number of nitrogens with one attached hydrogen (secondary N) is 3. The molecule has 1 atom stereocenters. The Balaban J connectivity index is 2.43. The van der Waals surface area contributed by atoms with E-state index in [1.54, 1.807) is 0 Å². The van der Waals surface area contributed by atoms with E-state index in [1.807, 2.05) is 0 Å². The maximum atomic E-state index is 11.7. The maximum absolute atomic E-state index is 11.7. The van der Waals surface area contributed by atoms with Crippen molar-refractivity contribution in [3.8, 4) is 0 Å². The summed E-state index contributed by atoms with van der Waals surface area (Å²) < 4.78 is 0. The monoisotopic (exact) mass is 270 g/mol. The third kappa shape index (κ3) is 6.02. The highest BCUT2D eigenvalue weighted by molar-refractivity contribution is 5.95. The van der Waals surface area contributed by atoms with Crippen molar-refractivity contribution < 1.29 is 9.59 Å². The number of imide groups is 1. The van der Waals surface area contributed by atoms with Crippen molar-refractivity contribution in [3.63, 3.8) is 0 Å². The van der Waals surface area contributed by atoms with Gasteiger partial charge in [-0.3, -0.25) is 15.0 Å². The maximum Gasteiger partial charge on any atom is 0.321 e. The van der Waals surface area contributed by atoms with Crippen molar-refractivity contribution in [2.75, 3.05) is 33.2 Å². The Labute approximate surface area is 115 Å². The van der Waals surface area contributed by atoms with Crippen LogP contribution in [0.1, 0.15) is 26.7 Å². The van der Waals surface area contributed by atoms with Crippen LogP contribution >= 0.6 is 0 Å². The van der Waals surface area contributed by atoms with Gasteiger partial charge in [-0.15, -0.1) is 0 Å². The number of carbonyl (C=O) groups excluding carboxylic acids is 2. The normalized spacial score (nSPS) is 19.5. The highest BCUT2D eigenvalue weighted by atomic mass is 16.2. The molecule has 1 saturated heterocycles. The van der Waals surface area contributed by atoms with E-state index in [0.29, 0.717) is 5.92 Å².